The lowest BCUT2D eigenvalue weighted by molar-refractivity contribution is -0.137. The monoisotopic (exact) mass is 389 g/mol. The molecule has 0 amide bonds. The zero-order valence-corrected chi connectivity index (χ0v) is 15.3. The fraction of sp³-hybridized carbons (Fsp3) is 0.444. The third-order valence-corrected chi connectivity index (χ3v) is 5.06. The summed E-state index contributed by atoms with van der Waals surface area (Å²) >= 11 is 0. The van der Waals surface area contributed by atoms with Crippen molar-refractivity contribution in [3.63, 3.8) is 0 Å². The molecular formula is C18H23N5O5. The first-order valence-corrected chi connectivity index (χ1v) is 8.96. The lowest BCUT2D eigenvalue weighted by Gasteiger charge is -2.28. The second kappa shape index (κ2) is 7.59. The predicted octanol–water partition coefficient (Wildman–Crippen LogP) is -0.132. The molecule has 4 rings (SSSR count). The van der Waals surface area contributed by atoms with E-state index in [-0.39, 0.29) is 0 Å². The van der Waals surface area contributed by atoms with Crippen LogP contribution in [0.1, 0.15) is 29.2 Å². The van der Waals surface area contributed by atoms with Crippen LogP contribution in [0.15, 0.2) is 35.6 Å². The Bertz CT molecular complexity index is 872. The van der Waals surface area contributed by atoms with Gasteiger partial charge in [0.15, 0.2) is 18.2 Å². The van der Waals surface area contributed by atoms with Gasteiger partial charge in [0.25, 0.3) is 0 Å². The van der Waals surface area contributed by atoms with Crippen molar-refractivity contribution in [1.82, 2.24) is 14.6 Å². The molecular weight excluding hydrogens is 366 g/mol. The summed E-state index contributed by atoms with van der Waals surface area (Å²) in [4.78, 5) is 14.4. The average molecular weight is 389 g/mol. The van der Waals surface area contributed by atoms with Crippen LogP contribution in [0, 0.1) is 6.92 Å². The van der Waals surface area contributed by atoms with Crippen molar-refractivity contribution >= 4 is 12.2 Å². The molecule has 1 aromatic heterocycles. The molecule has 2 aliphatic rings. The number of hydroxylamine groups is 2. The van der Waals surface area contributed by atoms with Crippen LogP contribution >= 0.6 is 0 Å². The first-order valence-electron chi connectivity index (χ1n) is 8.96. The minimum Gasteiger partial charge on any atom is -0.394 e. The van der Waals surface area contributed by atoms with E-state index in [0.717, 1.165) is 11.1 Å². The van der Waals surface area contributed by atoms with E-state index in [2.05, 4.69) is 9.98 Å². The number of ether oxygens (including phenoxy) is 1. The summed E-state index contributed by atoms with van der Waals surface area (Å²) in [5.41, 5.74) is 8.85. The Morgan fingerprint density at radius 1 is 1.25 bits per heavy atom. The number of hydrogen-bond donors (Lipinski definition) is 4. The lowest BCUT2D eigenvalue weighted by atomic mass is 10.1. The maximum Gasteiger partial charge on any atom is 0.165 e. The molecule has 3 heterocycles. The highest BCUT2D eigenvalue weighted by Gasteiger charge is 2.44. The van der Waals surface area contributed by atoms with Gasteiger partial charge in [0.05, 0.1) is 12.9 Å². The molecule has 3 unspecified atom stereocenters. The van der Waals surface area contributed by atoms with Crippen molar-refractivity contribution in [2.75, 3.05) is 6.61 Å². The van der Waals surface area contributed by atoms with Crippen LogP contribution in [0.2, 0.25) is 0 Å². The zero-order chi connectivity index (χ0) is 19.8. The van der Waals surface area contributed by atoms with Gasteiger partial charge >= 0.3 is 0 Å². The molecule has 0 saturated carbocycles. The third kappa shape index (κ3) is 3.20. The first kappa shape index (κ1) is 19.0. The van der Waals surface area contributed by atoms with Crippen LogP contribution < -0.4 is 5.73 Å². The molecule has 1 saturated heterocycles. The van der Waals surface area contributed by atoms with Gasteiger partial charge in [-0.3, -0.25) is 9.40 Å². The van der Waals surface area contributed by atoms with Gasteiger partial charge in [-0.2, -0.15) is 0 Å². The van der Waals surface area contributed by atoms with Crippen molar-refractivity contribution < 1.29 is 24.9 Å². The normalized spacial score (nSPS) is 29.3. The highest BCUT2D eigenvalue weighted by atomic mass is 16.7. The molecule has 5 N–H and O–H groups in total. The molecule has 5 atom stereocenters. The van der Waals surface area contributed by atoms with E-state index in [9.17, 15) is 15.3 Å². The molecule has 10 heteroatoms. The number of aliphatic imine (C=N–C) groups is 1. The second-order valence-electron chi connectivity index (χ2n) is 6.84. The van der Waals surface area contributed by atoms with Crippen molar-refractivity contribution in [3.05, 3.63) is 47.4 Å². The molecule has 10 nitrogen and oxygen atoms in total. The fourth-order valence-corrected chi connectivity index (χ4v) is 3.34. The summed E-state index contributed by atoms with van der Waals surface area (Å²) < 4.78 is 7.03. The van der Waals surface area contributed by atoms with Crippen molar-refractivity contribution in [3.8, 4) is 0 Å². The zero-order valence-electron chi connectivity index (χ0n) is 15.3. The molecule has 0 bridgehead atoms. The van der Waals surface area contributed by atoms with Crippen LogP contribution in [-0.4, -0.2) is 61.2 Å². The highest BCUT2D eigenvalue weighted by molar-refractivity contribution is 5.64. The second-order valence-corrected chi connectivity index (χ2v) is 6.84. The van der Waals surface area contributed by atoms with Crippen LogP contribution in [0.25, 0.3) is 0 Å². The van der Waals surface area contributed by atoms with E-state index in [1.54, 1.807) is 0 Å². The largest absolute Gasteiger partial charge is 0.394 e. The summed E-state index contributed by atoms with van der Waals surface area (Å²) in [6.45, 7) is 1.93. The summed E-state index contributed by atoms with van der Waals surface area (Å²) in [6, 6.07) is 7.88. The number of imidazole rings is 1. The van der Waals surface area contributed by atoms with Crippen LogP contribution in [-0.2, 0) is 16.2 Å². The van der Waals surface area contributed by atoms with Gasteiger partial charge in [-0.05, 0) is 18.1 Å². The standard InChI is InChI=1S/C18H23N5O5/c1-10-4-2-3-5-11(10)7-27-23-9-21-17-13(16(23)19)20-8-22(17)18-15(26)14(25)12(6-24)28-18/h2-5,8-9,12,14-16,18,24-26H,6-7,19H2,1H3/t12-,14?,15?,16?,18-/m1/s1. The minimum atomic E-state index is -1.22. The average Bonchev–Trinajstić information content (AvgIpc) is 3.24. The number of hydrogen-bond acceptors (Lipinski definition) is 9. The number of aromatic nitrogens is 2. The van der Waals surface area contributed by atoms with Gasteiger partial charge < -0.3 is 25.8 Å². The Balaban J connectivity index is 1.51. The molecule has 28 heavy (non-hydrogen) atoms. The Hall–Kier alpha value is -2.34. The molecule has 1 aromatic carbocycles. The number of nitrogens with two attached hydrogens (primary N) is 1. The van der Waals surface area contributed by atoms with Gasteiger partial charge in [0.2, 0.25) is 0 Å². The van der Waals surface area contributed by atoms with Gasteiger partial charge in [-0.25, -0.2) is 15.0 Å². The van der Waals surface area contributed by atoms with E-state index >= 15 is 0 Å². The highest BCUT2D eigenvalue weighted by Crippen LogP contribution is 2.37. The van der Waals surface area contributed by atoms with E-state index in [1.807, 2.05) is 31.2 Å². The Labute approximate surface area is 161 Å². The number of benzene rings is 1. The predicted molar refractivity (Wildman–Crippen MR) is 98.1 cm³/mol. The maximum atomic E-state index is 10.2. The topological polar surface area (TPSA) is 139 Å². The number of aryl methyl sites for hydroxylation is 1. The third-order valence-electron chi connectivity index (χ3n) is 5.06. The Morgan fingerprint density at radius 2 is 2.04 bits per heavy atom. The summed E-state index contributed by atoms with van der Waals surface area (Å²) in [5, 5.41) is 30.9. The van der Waals surface area contributed by atoms with Crippen LogP contribution in [0.4, 0.5) is 5.82 Å². The molecule has 0 aliphatic carbocycles. The number of fused-ring (bicyclic) bond motifs is 1. The minimum absolute atomic E-state index is 0.331. The molecule has 1 fully saturated rings. The molecule has 2 aromatic rings. The summed E-state index contributed by atoms with van der Waals surface area (Å²) in [5.74, 6) is 0.401. The van der Waals surface area contributed by atoms with Gasteiger partial charge in [-0.1, -0.05) is 24.3 Å². The number of aliphatic hydroxyl groups is 3. The van der Waals surface area contributed by atoms with E-state index in [4.69, 9.17) is 15.3 Å². The van der Waals surface area contributed by atoms with Gasteiger partial charge in [0.1, 0.15) is 37.0 Å². The SMILES string of the molecule is Cc1ccccc1CON1C=Nc2c(ncn2[C@@H]2O[C@H](CO)C(O)C2O)C1N. The van der Waals surface area contributed by atoms with Crippen LogP contribution in [0.5, 0.6) is 0 Å². The number of aliphatic hydroxyl groups excluding tert-OH is 3. The van der Waals surface area contributed by atoms with Crippen molar-refractivity contribution in [1.29, 1.82) is 0 Å². The van der Waals surface area contributed by atoms with E-state index in [0.29, 0.717) is 18.1 Å². The van der Waals surface area contributed by atoms with E-state index in [1.165, 1.54) is 22.3 Å². The van der Waals surface area contributed by atoms with E-state index < -0.39 is 37.3 Å². The Morgan fingerprint density at radius 3 is 2.75 bits per heavy atom. The molecule has 150 valence electrons. The lowest BCUT2D eigenvalue weighted by Crippen LogP contribution is -2.36. The smallest absolute Gasteiger partial charge is 0.165 e. The summed E-state index contributed by atoms with van der Waals surface area (Å²) in [7, 11) is 0. The number of rotatable bonds is 5. The fourth-order valence-electron chi connectivity index (χ4n) is 3.34. The molecule has 2 aliphatic heterocycles. The van der Waals surface area contributed by atoms with Gasteiger partial charge in [-0.15, -0.1) is 0 Å². The number of nitrogens with zero attached hydrogens (tertiary/aromatic N) is 4. The first-order chi connectivity index (χ1) is 13.5. The Kier molecular flexibility index (Phi) is 5.15. The summed E-state index contributed by atoms with van der Waals surface area (Å²) in [6.07, 6.45) is -2.05. The van der Waals surface area contributed by atoms with Gasteiger partial charge in [0, 0.05) is 0 Å². The molecule has 0 spiro atoms. The maximum absolute atomic E-state index is 10.2. The quantitative estimate of drug-likeness (QED) is 0.555. The van der Waals surface area contributed by atoms with Crippen molar-refractivity contribution in [2.24, 2.45) is 10.7 Å². The van der Waals surface area contributed by atoms with Crippen LogP contribution in [0.3, 0.4) is 0 Å². The molecule has 0 radical (unpaired) electrons. The van der Waals surface area contributed by atoms with Crippen molar-refractivity contribution in [2.45, 2.75) is 44.2 Å².